The van der Waals surface area contributed by atoms with Gasteiger partial charge in [0.1, 0.15) is 0 Å². The predicted molar refractivity (Wildman–Crippen MR) is 139 cm³/mol. The van der Waals surface area contributed by atoms with Gasteiger partial charge in [-0.05, 0) is 82.4 Å². The molecule has 0 unspecified atom stereocenters. The van der Waals surface area contributed by atoms with Crippen LogP contribution in [0, 0.1) is 13.8 Å². The molecule has 0 aliphatic carbocycles. The predicted octanol–water partition coefficient (Wildman–Crippen LogP) is 4.59. The maximum Gasteiger partial charge on any atom is 0.260 e. The first-order valence-corrected chi connectivity index (χ1v) is 11.9. The number of imide groups is 1. The number of rotatable bonds is 7. The van der Waals surface area contributed by atoms with Crippen molar-refractivity contribution in [1.29, 1.82) is 0 Å². The lowest BCUT2D eigenvalue weighted by molar-refractivity contribution is -0.121. The van der Waals surface area contributed by atoms with E-state index >= 15 is 0 Å². The molecular weight excluding hydrogens is 472 g/mol. The number of carbonyl (C=O) groups is 3. The molecule has 1 fully saturated rings. The smallest absolute Gasteiger partial charge is 0.260 e. The van der Waals surface area contributed by atoms with Gasteiger partial charge in [0, 0.05) is 24.9 Å². The fraction of sp³-hybridized carbons (Fsp3) is 0.360. The van der Waals surface area contributed by atoms with Crippen molar-refractivity contribution in [1.82, 2.24) is 9.88 Å². The molecular formula is C25H29ClN4O3S. The van der Waals surface area contributed by atoms with Crippen molar-refractivity contribution >= 4 is 62.5 Å². The summed E-state index contributed by atoms with van der Waals surface area (Å²) in [5.74, 6) is -0.554. The highest BCUT2D eigenvalue weighted by molar-refractivity contribution is 7.22. The Kier molecular flexibility index (Phi) is 8.07. The van der Waals surface area contributed by atoms with Gasteiger partial charge >= 0.3 is 0 Å². The Balaban J connectivity index is 0.00000324. The summed E-state index contributed by atoms with van der Waals surface area (Å²) in [5.41, 5.74) is 4.19. The molecule has 0 bridgehead atoms. The molecule has 1 saturated heterocycles. The zero-order valence-corrected chi connectivity index (χ0v) is 21.5. The van der Waals surface area contributed by atoms with E-state index in [2.05, 4.69) is 24.0 Å². The first-order valence-electron chi connectivity index (χ1n) is 11.0. The standard InChI is InChI=1S/C25H28N4O3S.ClH/c1-16-14-17(2)23-20(15-16)33-25(26-23)28(13-5-12-27(3)4)24(32)18-6-8-19(9-7-18)29-21(30)10-11-22(29)31;/h6-9,14-15H,5,10-13H2,1-4H3;1H. The van der Waals surface area contributed by atoms with Crippen molar-refractivity contribution < 1.29 is 14.4 Å². The van der Waals surface area contributed by atoms with Crippen molar-refractivity contribution in [3.63, 3.8) is 0 Å². The number of hydrogen-bond donors (Lipinski definition) is 0. The van der Waals surface area contributed by atoms with Crippen LogP contribution in [-0.4, -0.2) is 54.8 Å². The molecule has 0 N–H and O–H groups in total. The maximum absolute atomic E-state index is 13.5. The first-order chi connectivity index (χ1) is 15.7. The van der Waals surface area contributed by atoms with Gasteiger partial charge in [-0.15, -0.1) is 12.4 Å². The second kappa shape index (κ2) is 10.6. The third kappa shape index (κ3) is 5.29. The lowest BCUT2D eigenvalue weighted by Crippen LogP contribution is -2.33. The van der Waals surface area contributed by atoms with E-state index in [1.807, 2.05) is 21.0 Å². The number of aryl methyl sites for hydroxylation is 2. The minimum atomic E-state index is -0.204. The summed E-state index contributed by atoms with van der Waals surface area (Å²) >= 11 is 1.52. The topological polar surface area (TPSA) is 73.8 Å². The second-order valence-corrected chi connectivity index (χ2v) is 9.72. The van der Waals surface area contributed by atoms with E-state index in [-0.39, 0.29) is 43.0 Å². The van der Waals surface area contributed by atoms with Gasteiger partial charge in [0.2, 0.25) is 11.8 Å². The molecule has 0 saturated carbocycles. The SMILES string of the molecule is Cc1cc(C)c2nc(N(CCCN(C)C)C(=O)c3ccc(N4C(=O)CCC4=O)cc3)sc2c1.Cl. The van der Waals surface area contributed by atoms with Crippen LogP contribution in [0.25, 0.3) is 10.2 Å². The summed E-state index contributed by atoms with van der Waals surface area (Å²) < 4.78 is 1.06. The van der Waals surface area contributed by atoms with Crippen LogP contribution < -0.4 is 9.80 Å². The van der Waals surface area contributed by atoms with Crippen molar-refractivity contribution in [2.75, 3.05) is 37.0 Å². The van der Waals surface area contributed by atoms with Crippen LogP contribution in [0.3, 0.4) is 0 Å². The molecule has 4 rings (SSSR count). The Labute approximate surface area is 209 Å². The molecule has 3 amide bonds. The van der Waals surface area contributed by atoms with Crippen LogP contribution in [0.4, 0.5) is 10.8 Å². The van der Waals surface area contributed by atoms with E-state index in [0.29, 0.717) is 22.9 Å². The number of anilines is 2. The molecule has 9 heteroatoms. The summed E-state index contributed by atoms with van der Waals surface area (Å²) in [6, 6.07) is 10.9. The highest BCUT2D eigenvalue weighted by Gasteiger charge is 2.30. The molecule has 1 aromatic heterocycles. The molecule has 1 aliphatic rings. The third-order valence-electron chi connectivity index (χ3n) is 5.71. The van der Waals surface area contributed by atoms with Gasteiger partial charge in [0.15, 0.2) is 5.13 Å². The summed E-state index contributed by atoms with van der Waals surface area (Å²) in [7, 11) is 4.02. The normalized spacial score (nSPS) is 13.6. The molecule has 180 valence electrons. The second-order valence-electron chi connectivity index (χ2n) is 8.71. The van der Waals surface area contributed by atoms with Gasteiger partial charge in [-0.2, -0.15) is 0 Å². The molecule has 34 heavy (non-hydrogen) atoms. The van der Waals surface area contributed by atoms with Gasteiger partial charge < -0.3 is 4.90 Å². The van der Waals surface area contributed by atoms with Crippen LogP contribution in [0.5, 0.6) is 0 Å². The Morgan fingerprint density at radius 2 is 1.68 bits per heavy atom. The van der Waals surface area contributed by atoms with Gasteiger partial charge in [0.25, 0.3) is 5.91 Å². The molecule has 1 aliphatic heterocycles. The minimum absolute atomic E-state index is 0. The van der Waals surface area contributed by atoms with Gasteiger partial charge in [-0.25, -0.2) is 4.98 Å². The monoisotopic (exact) mass is 500 g/mol. The van der Waals surface area contributed by atoms with Crippen molar-refractivity contribution in [3.05, 3.63) is 53.1 Å². The van der Waals surface area contributed by atoms with Crippen LogP contribution in [0.2, 0.25) is 0 Å². The fourth-order valence-electron chi connectivity index (χ4n) is 4.08. The fourth-order valence-corrected chi connectivity index (χ4v) is 5.24. The number of aromatic nitrogens is 1. The van der Waals surface area contributed by atoms with Gasteiger partial charge in [-0.1, -0.05) is 17.4 Å². The summed E-state index contributed by atoms with van der Waals surface area (Å²) in [5, 5.41) is 0.677. The van der Waals surface area contributed by atoms with Crippen LogP contribution in [0.1, 0.15) is 40.7 Å². The quantitative estimate of drug-likeness (QED) is 0.444. The van der Waals surface area contributed by atoms with Crippen LogP contribution in [0.15, 0.2) is 36.4 Å². The van der Waals surface area contributed by atoms with E-state index in [1.165, 1.54) is 21.8 Å². The van der Waals surface area contributed by atoms with E-state index in [1.54, 1.807) is 29.2 Å². The first kappa shape index (κ1) is 25.8. The van der Waals surface area contributed by atoms with Crippen molar-refractivity contribution in [2.24, 2.45) is 0 Å². The molecule has 0 spiro atoms. The Bertz CT molecular complexity index is 1210. The zero-order chi connectivity index (χ0) is 23.7. The Hall–Kier alpha value is -2.81. The number of amides is 3. The third-order valence-corrected chi connectivity index (χ3v) is 6.73. The number of hydrogen-bond acceptors (Lipinski definition) is 6. The van der Waals surface area contributed by atoms with Gasteiger partial charge in [-0.3, -0.25) is 24.2 Å². The number of halogens is 1. The van der Waals surface area contributed by atoms with E-state index < -0.39 is 0 Å². The molecule has 0 radical (unpaired) electrons. The van der Waals surface area contributed by atoms with Crippen LogP contribution in [-0.2, 0) is 9.59 Å². The highest BCUT2D eigenvalue weighted by atomic mass is 35.5. The summed E-state index contributed by atoms with van der Waals surface area (Å²) in [6.07, 6.45) is 1.27. The van der Waals surface area contributed by atoms with Gasteiger partial charge in [0.05, 0.1) is 15.9 Å². The largest absolute Gasteiger partial charge is 0.309 e. The Morgan fingerprint density at radius 3 is 2.29 bits per heavy atom. The Morgan fingerprint density at radius 1 is 1.03 bits per heavy atom. The van der Waals surface area contributed by atoms with E-state index in [9.17, 15) is 14.4 Å². The number of carbonyl (C=O) groups excluding carboxylic acids is 3. The highest BCUT2D eigenvalue weighted by Crippen LogP contribution is 2.33. The van der Waals surface area contributed by atoms with E-state index in [0.717, 1.165) is 28.7 Å². The lowest BCUT2D eigenvalue weighted by atomic mass is 10.1. The zero-order valence-electron chi connectivity index (χ0n) is 19.8. The molecule has 0 atom stereocenters. The molecule has 2 heterocycles. The summed E-state index contributed by atoms with van der Waals surface area (Å²) in [4.78, 5) is 47.4. The molecule has 7 nitrogen and oxygen atoms in total. The lowest BCUT2D eigenvalue weighted by Gasteiger charge is -2.21. The number of thiazole rings is 1. The number of fused-ring (bicyclic) bond motifs is 1. The van der Waals surface area contributed by atoms with E-state index in [4.69, 9.17) is 4.98 Å². The van der Waals surface area contributed by atoms with Crippen molar-refractivity contribution in [3.8, 4) is 0 Å². The average molecular weight is 501 g/mol. The minimum Gasteiger partial charge on any atom is -0.309 e. The number of benzene rings is 2. The van der Waals surface area contributed by atoms with Crippen LogP contribution >= 0.6 is 23.7 Å². The van der Waals surface area contributed by atoms with Crippen molar-refractivity contribution in [2.45, 2.75) is 33.1 Å². The summed E-state index contributed by atoms with van der Waals surface area (Å²) in [6.45, 7) is 5.49. The molecule has 3 aromatic rings. The number of nitrogens with zero attached hydrogens (tertiary/aromatic N) is 4. The average Bonchev–Trinajstić information content (AvgIpc) is 3.33. The molecule has 2 aromatic carbocycles. The maximum atomic E-state index is 13.5.